The van der Waals surface area contributed by atoms with Crippen LogP contribution in [0.4, 0.5) is 4.39 Å². The Balaban J connectivity index is 1.63. The van der Waals surface area contributed by atoms with E-state index in [4.69, 9.17) is 0 Å². The molecule has 3 aromatic rings. The van der Waals surface area contributed by atoms with E-state index in [-0.39, 0.29) is 5.82 Å². The molecule has 0 amide bonds. The number of aromatic nitrogens is 4. The highest BCUT2D eigenvalue weighted by Gasteiger charge is 2.30. The maximum Gasteiger partial charge on any atom is 0.196 e. The standard InChI is InChI=1S/C17H15FN4S/c18-14-8-12(9-19-10-14)11-23-17-21-20-16(13-6-7-13)22(17)15-4-2-1-3-5-15/h1-5,8-10,13H,6-7,11H2. The van der Waals surface area contributed by atoms with Crippen molar-refractivity contribution in [1.82, 2.24) is 19.7 Å². The van der Waals surface area contributed by atoms with E-state index in [1.807, 2.05) is 18.2 Å². The van der Waals surface area contributed by atoms with Crippen LogP contribution < -0.4 is 0 Å². The molecule has 4 rings (SSSR count). The van der Waals surface area contributed by atoms with Gasteiger partial charge in [-0.2, -0.15) is 0 Å². The van der Waals surface area contributed by atoms with Crippen molar-refractivity contribution in [3.8, 4) is 5.69 Å². The van der Waals surface area contributed by atoms with E-state index in [0.717, 1.165) is 22.2 Å². The summed E-state index contributed by atoms with van der Waals surface area (Å²) in [5, 5.41) is 9.58. The van der Waals surface area contributed by atoms with Gasteiger partial charge < -0.3 is 0 Å². The Bertz CT molecular complexity index is 814. The quantitative estimate of drug-likeness (QED) is 0.665. The lowest BCUT2D eigenvalue weighted by Crippen LogP contribution is -2.01. The van der Waals surface area contributed by atoms with Crippen LogP contribution in [-0.4, -0.2) is 19.7 Å². The zero-order valence-corrected chi connectivity index (χ0v) is 13.2. The number of para-hydroxylation sites is 1. The smallest absolute Gasteiger partial charge is 0.196 e. The summed E-state index contributed by atoms with van der Waals surface area (Å²) in [6, 6.07) is 11.6. The molecule has 0 radical (unpaired) electrons. The number of pyridine rings is 1. The summed E-state index contributed by atoms with van der Waals surface area (Å²) in [5.41, 5.74) is 1.91. The zero-order chi connectivity index (χ0) is 15.6. The van der Waals surface area contributed by atoms with Gasteiger partial charge in [-0.1, -0.05) is 30.0 Å². The molecule has 116 valence electrons. The first-order valence-electron chi connectivity index (χ1n) is 7.54. The van der Waals surface area contributed by atoms with Crippen LogP contribution in [0.1, 0.15) is 30.1 Å². The molecule has 6 heteroatoms. The van der Waals surface area contributed by atoms with Crippen LogP contribution in [0.3, 0.4) is 0 Å². The van der Waals surface area contributed by atoms with Gasteiger partial charge in [0.05, 0.1) is 6.20 Å². The first-order chi connectivity index (χ1) is 11.3. The van der Waals surface area contributed by atoms with Crippen molar-refractivity contribution in [2.45, 2.75) is 29.7 Å². The number of hydrogen-bond donors (Lipinski definition) is 0. The molecule has 4 nitrogen and oxygen atoms in total. The highest BCUT2D eigenvalue weighted by Crippen LogP contribution is 2.41. The highest BCUT2D eigenvalue weighted by atomic mass is 32.2. The molecule has 1 aliphatic rings. The molecule has 1 saturated carbocycles. The van der Waals surface area contributed by atoms with Crippen LogP contribution in [0.25, 0.3) is 5.69 Å². The Morgan fingerprint density at radius 3 is 2.70 bits per heavy atom. The lowest BCUT2D eigenvalue weighted by Gasteiger charge is -2.09. The van der Waals surface area contributed by atoms with Crippen LogP contribution in [0.5, 0.6) is 0 Å². The monoisotopic (exact) mass is 326 g/mol. The van der Waals surface area contributed by atoms with Crippen LogP contribution in [0, 0.1) is 5.82 Å². The summed E-state index contributed by atoms with van der Waals surface area (Å²) in [6.07, 6.45) is 5.24. The van der Waals surface area contributed by atoms with Crippen molar-refractivity contribution >= 4 is 11.8 Å². The molecule has 0 spiro atoms. The van der Waals surface area contributed by atoms with Crippen LogP contribution in [0.15, 0.2) is 53.9 Å². The maximum atomic E-state index is 13.3. The second-order valence-corrected chi connectivity index (χ2v) is 6.53. The first kappa shape index (κ1) is 14.4. The number of benzene rings is 1. The molecule has 0 atom stereocenters. The van der Waals surface area contributed by atoms with Crippen molar-refractivity contribution in [2.24, 2.45) is 0 Å². The van der Waals surface area contributed by atoms with Crippen molar-refractivity contribution in [3.63, 3.8) is 0 Å². The fourth-order valence-electron chi connectivity index (χ4n) is 2.48. The summed E-state index contributed by atoms with van der Waals surface area (Å²) in [4.78, 5) is 3.89. The molecule has 0 unspecified atom stereocenters. The molecular formula is C17H15FN4S. The molecule has 2 aromatic heterocycles. The van der Waals surface area contributed by atoms with Gasteiger partial charge in [0.25, 0.3) is 0 Å². The average Bonchev–Trinajstić information content (AvgIpc) is 3.33. The topological polar surface area (TPSA) is 43.6 Å². The van der Waals surface area contributed by atoms with Gasteiger partial charge in [0.15, 0.2) is 5.16 Å². The lowest BCUT2D eigenvalue weighted by molar-refractivity contribution is 0.619. The maximum absolute atomic E-state index is 13.3. The van der Waals surface area contributed by atoms with E-state index in [9.17, 15) is 4.39 Å². The number of nitrogens with zero attached hydrogens (tertiary/aromatic N) is 4. The fraction of sp³-hybridized carbons (Fsp3) is 0.235. The molecule has 0 saturated heterocycles. The SMILES string of the molecule is Fc1cncc(CSc2nnc(C3CC3)n2-c2ccccc2)c1. The van der Waals surface area contributed by atoms with E-state index >= 15 is 0 Å². The lowest BCUT2D eigenvalue weighted by atomic mass is 10.3. The van der Waals surface area contributed by atoms with E-state index in [0.29, 0.717) is 11.7 Å². The number of hydrogen-bond acceptors (Lipinski definition) is 4. The van der Waals surface area contributed by atoms with Crippen molar-refractivity contribution in [3.05, 3.63) is 66.0 Å². The predicted molar refractivity (Wildman–Crippen MR) is 87.1 cm³/mol. The fourth-order valence-corrected chi connectivity index (χ4v) is 3.36. The summed E-state index contributed by atoms with van der Waals surface area (Å²) in [5.74, 6) is 1.83. The summed E-state index contributed by atoms with van der Waals surface area (Å²) in [7, 11) is 0. The summed E-state index contributed by atoms with van der Waals surface area (Å²) >= 11 is 1.55. The Kier molecular flexibility index (Phi) is 3.83. The number of halogens is 1. The summed E-state index contributed by atoms with van der Waals surface area (Å²) in [6.45, 7) is 0. The van der Waals surface area contributed by atoms with Gasteiger partial charge in [-0.15, -0.1) is 10.2 Å². The van der Waals surface area contributed by atoms with Gasteiger partial charge in [-0.05, 0) is 36.6 Å². The molecule has 23 heavy (non-hydrogen) atoms. The van der Waals surface area contributed by atoms with Crippen LogP contribution >= 0.6 is 11.8 Å². The van der Waals surface area contributed by atoms with Crippen molar-refractivity contribution < 1.29 is 4.39 Å². The Hall–Kier alpha value is -2.21. The number of thioether (sulfide) groups is 1. The van der Waals surface area contributed by atoms with Crippen LogP contribution in [0.2, 0.25) is 0 Å². The first-order valence-corrected chi connectivity index (χ1v) is 8.53. The largest absolute Gasteiger partial charge is 0.274 e. The minimum absolute atomic E-state index is 0.314. The second kappa shape index (κ2) is 6.12. The van der Waals surface area contributed by atoms with E-state index < -0.39 is 0 Å². The molecule has 1 aromatic carbocycles. The zero-order valence-electron chi connectivity index (χ0n) is 12.4. The van der Waals surface area contributed by atoms with E-state index in [1.165, 1.54) is 25.1 Å². The van der Waals surface area contributed by atoms with Gasteiger partial charge in [0, 0.05) is 23.6 Å². The molecule has 1 fully saturated rings. The van der Waals surface area contributed by atoms with E-state index in [2.05, 4.69) is 31.9 Å². The highest BCUT2D eigenvalue weighted by molar-refractivity contribution is 7.98. The molecule has 1 aliphatic carbocycles. The third kappa shape index (κ3) is 3.12. The Morgan fingerprint density at radius 1 is 1.13 bits per heavy atom. The van der Waals surface area contributed by atoms with Gasteiger partial charge in [0.2, 0.25) is 0 Å². The van der Waals surface area contributed by atoms with Crippen molar-refractivity contribution in [1.29, 1.82) is 0 Å². The third-order valence-electron chi connectivity index (χ3n) is 3.74. The molecule has 2 heterocycles. The molecule has 0 N–H and O–H groups in total. The normalized spacial score (nSPS) is 14.1. The Morgan fingerprint density at radius 2 is 1.96 bits per heavy atom. The van der Waals surface area contributed by atoms with Gasteiger partial charge in [-0.3, -0.25) is 9.55 Å². The van der Waals surface area contributed by atoms with Crippen LogP contribution in [-0.2, 0) is 5.75 Å². The molecule has 0 aliphatic heterocycles. The Labute approximate surface area is 137 Å². The van der Waals surface area contributed by atoms with E-state index in [1.54, 1.807) is 18.0 Å². The molecule has 0 bridgehead atoms. The second-order valence-electron chi connectivity index (χ2n) is 5.59. The minimum Gasteiger partial charge on any atom is -0.274 e. The van der Waals surface area contributed by atoms with Gasteiger partial charge in [0.1, 0.15) is 11.6 Å². The third-order valence-corrected chi connectivity index (χ3v) is 4.74. The minimum atomic E-state index is -0.314. The number of rotatable bonds is 5. The van der Waals surface area contributed by atoms with Crippen molar-refractivity contribution in [2.75, 3.05) is 0 Å². The summed E-state index contributed by atoms with van der Waals surface area (Å²) < 4.78 is 15.4. The van der Waals surface area contributed by atoms with Gasteiger partial charge >= 0.3 is 0 Å². The molecular weight excluding hydrogens is 311 g/mol. The predicted octanol–water partition coefficient (Wildman–Crippen LogP) is 3.97. The van der Waals surface area contributed by atoms with Gasteiger partial charge in [-0.25, -0.2) is 4.39 Å². The average molecular weight is 326 g/mol.